The molecule has 3 amide bonds. The minimum absolute atomic E-state index is 0.0220. The minimum atomic E-state index is -0.574. The molecule has 1 fully saturated rings. The van der Waals surface area contributed by atoms with E-state index in [1.54, 1.807) is 30.0 Å². The van der Waals surface area contributed by atoms with Crippen LogP contribution >= 0.6 is 12.2 Å². The third-order valence-electron chi connectivity index (χ3n) is 5.14. The number of fused-ring (bicyclic) bond motifs is 1. The molecule has 0 bridgehead atoms. The Labute approximate surface area is 195 Å². The molecule has 1 aromatic carbocycles. The molecule has 3 aromatic rings. The van der Waals surface area contributed by atoms with Gasteiger partial charge in [0.05, 0.1) is 19.4 Å². The number of furan rings is 1. The van der Waals surface area contributed by atoms with Crippen molar-refractivity contribution < 1.29 is 23.5 Å². The first kappa shape index (κ1) is 22.4. The number of nitrogens with one attached hydrogen (secondary N) is 2. The molecule has 0 unspecified atom stereocenters. The largest absolute Gasteiger partial charge is 0.467 e. The van der Waals surface area contributed by atoms with Crippen molar-refractivity contribution in [2.24, 2.45) is 0 Å². The van der Waals surface area contributed by atoms with Gasteiger partial charge in [0.15, 0.2) is 5.11 Å². The molecule has 1 aliphatic rings. The summed E-state index contributed by atoms with van der Waals surface area (Å²) in [6, 6.07) is 10.9. The highest BCUT2D eigenvalue weighted by Gasteiger charge is 2.34. The van der Waals surface area contributed by atoms with E-state index in [0.717, 1.165) is 10.9 Å². The Hall–Kier alpha value is -3.76. The van der Waals surface area contributed by atoms with Gasteiger partial charge in [-0.3, -0.25) is 24.6 Å². The van der Waals surface area contributed by atoms with Gasteiger partial charge in [-0.25, -0.2) is 0 Å². The lowest BCUT2D eigenvalue weighted by atomic mass is 10.1. The predicted octanol–water partition coefficient (Wildman–Crippen LogP) is 1.82. The van der Waals surface area contributed by atoms with Crippen molar-refractivity contribution in [2.45, 2.75) is 13.1 Å². The smallest absolute Gasteiger partial charge is 0.266 e. The average molecular weight is 467 g/mol. The van der Waals surface area contributed by atoms with Crippen LogP contribution < -0.4 is 10.6 Å². The van der Waals surface area contributed by atoms with E-state index in [1.807, 2.05) is 24.3 Å². The van der Waals surface area contributed by atoms with Gasteiger partial charge in [-0.15, -0.1) is 0 Å². The highest BCUT2D eigenvalue weighted by atomic mass is 32.1. The third-order valence-corrected chi connectivity index (χ3v) is 5.46. The lowest BCUT2D eigenvalue weighted by molar-refractivity contribution is -0.129. The number of hydrogen-bond acceptors (Lipinski definition) is 6. The summed E-state index contributed by atoms with van der Waals surface area (Å²) < 4.78 is 12.0. The molecule has 2 aromatic heterocycles. The van der Waals surface area contributed by atoms with Crippen molar-refractivity contribution in [1.29, 1.82) is 0 Å². The average Bonchev–Trinajstić information content (AvgIpc) is 3.43. The van der Waals surface area contributed by atoms with Gasteiger partial charge in [0.2, 0.25) is 5.91 Å². The zero-order valence-electron chi connectivity index (χ0n) is 17.9. The van der Waals surface area contributed by atoms with Crippen LogP contribution in [0.1, 0.15) is 11.3 Å². The Morgan fingerprint density at radius 2 is 2.06 bits per heavy atom. The van der Waals surface area contributed by atoms with Gasteiger partial charge in [-0.2, -0.15) is 0 Å². The molecular weight excluding hydrogens is 444 g/mol. The van der Waals surface area contributed by atoms with Crippen LogP contribution in [-0.4, -0.2) is 52.6 Å². The fraction of sp³-hybridized carbons (Fsp3) is 0.217. The molecule has 10 heteroatoms. The first-order valence-corrected chi connectivity index (χ1v) is 10.6. The maximum Gasteiger partial charge on any atom is 0.266 e. The van der Waals surface area contributed by atoms with Crippen LogP contribution in [0.25, 0.3) is 17.0 Å². The lowest BCUT2D eigenvalue weighted by Gasteiger charge is -2.28. The highest BCUT2D eigenvalue weighted by Crippen LogP contribution is 2.25. The maximum atomic E-state index is 13.1. The van der Waals surface area contributed by atoms with Gasteiger partial charge in [-0.05, 0) is 36.5 Å². The van der Waals surface area contributed by atoms with Gasteiger partial charge in [-0.1, -0.05) is 18.2 Å². The van der Waals surface area contributed by atoms with Crippen LogP contribution in [0.5, 0.6) is 0 Å². The molecule has 0 saturated carbocycles. The summed E-state index contributed by atoms with van der Waals surface area (Å²) in [6.45, 7) is 1.02. The van der Waals surface area contributed by atoms with Crippen LogP contribution in [0.4, 0.5) is 0 Å². The molecule has 9 nitrogen and oxygen atoms in total. The second kappa shape index (κ2) is 9.80. The van der Waals surface area contributed by atoms with E-state index < -0.39 is 11.8 Å². The number of nitrogens with zero attached hydrogens (tertiary/aromatic N) is 2. The summed E-state index contributed by atoms with van der Waals surface area (Å²) >= 11 is 5.19. The van der Waals surface area contributed by atoms with Crippen LogP contribution in [0.3, 0.4) is 0 Å². The number of methoxy groups -OCH3 is 1. The molecule has 1 saturated heterocycles. The molecule has 33 heavy (non-hydrogen) atoms. The normalized spacial score (nSPS) is 15.4. The Balaban J connectivity index is 1.64. The van der Waals surface area contributed by atoms with Crippen molar-refractivity contribution >= 4 is 52.0 Å². The molecule has 3 heterocycles. The van der Waals surface area contributed by atoms with E-state index >= 15 is 0 Å². The van der Waals surface area contributed by atoms with E-state index in [2.05, 4.69) is 10.6 Å². The van der Waals surface area contributed by atoms with E-state index in [4.69, 9.17) is 21.4 Å². The van der Waals surface area contributed by atoms with E-state index in [0.29, 0.717) is 24.5 Å². The van der Waals surface area contributed by atoms with Crippen molar-refractivity contribution in [3.8, 4) is 0 Å². The molecule has 0 atom stereocenters. The summed E-state index contributed by atoms with van der Waals surface area (Å²) in [5.41, 5.74) is 1.39. The number of carbonyl (C=O) groups is 3. The highest BCUT2D eigenvalue weighted by molar-refractivity contribution is 7.80. The number of ether oxygens (including phenoxy) is 1. The maximum absolute atomic E-state index is 13.1. The first-order valence-electron chi connectivity index (χ1n) is 10.2. The molecular formula is C23H22N4O5S. The topological polar surface area (TPSA) is 106 Å². The lowest BCUT2D eigenvalue weighted by Crippen LogP contribution is -2.53. The van der Waals surface area contributed by atoms with Crippen LogP contribution in [0, 0.1) is 0 Å². The predicted molar refractivity (Wildman–Crippen MR) is 125 cm³/mol. The second-order valence-electron chi connectivity index (χ2n) is 7.36. The van der Waals surface area contributed by atoms with Crippen LogP contribution in [0.15, 0.2) is 58.8 Å². The Bertz CT molecular complexity index is 1250. The first-order chi connectivity index (χ1) is 16.0. The van der Waals surface area contributed by atoms with E-state index in [-0.39, 0.29) is 29.7 Å². The number of thiocarbonyl (C=S) groups is 1. The molecule has 0 radical (unpaired) electrons. The summed E-state index contributed by atoms with van der Waals surface area (Å²) in [7, 11) is 1.57. The van der Waals surface area contributed by atoms with E-state index in [1.165, 1.54) is 17.2 Å². The van der Waals surface area contributed by atoms with Gasteiger partial charge >= 0.3 is 0 Å². The summed E-state index contributed by atoms with van der Waals surface area (Å²) in [6.07, 6.45) is 4.77. The monoisotopic (exact) mass is 466 g/mol. The Kier molecular flexibility index (Phi) is 6.66. The number of hydrogen-bond donors (Lipinski definition) is 2. The van der Waals surface area contributed by atoms with E-state index in [9.17, 15) is 14.4 Å². The second-order valence-corrected chi connectivity index (χ2v) is 7.75. The number of aromatic nitrogens is 1. The van der Waals surface area contributed by atoms with Gasteiger partial charge in [0.25, 0.3) is 11.8 Å². The fourth-order valence-corrected chi connectivity index (χ4v) is 3.82. The summed E-state index contributed by atoms with van der Waals surface area (Å²) in [5, 5.41) is 6.18. The zero-order valence-corrected chi connectivity index (χ0v) is 18.7. The van der Waals surface area contributed by atoms with Gasteiger partial charge < -0.3 is 19.0 Å². The van der Waals surface area contributed by atoms with Crippen LogP contribution in [0.2, 0.25) is 0 Å². The standard InChI is InChI=1S/C23H22N4O5S/c1-31-10-8-24-20(28)14-26-12-15(17-6-2-3-7-19(17)26)11-18-21(29)25-23(33)27(22(18)30)13-16-5-4-9-32-16/h2-7,9,11-12H,8,10,13-14H2,1H3,(H,24,28)(H,25,29,33)/b18-11+. The van der Waals surface area contributed by atoms with Gasteiger partial charge in [0, 0.05) is 36.3 Å². The fourth-order valence-electron chi connectivity index (χ4n) is 3.58. The molecule has 4 rings (SSSR count). The number of amides is 3. The number of benzene rings is 1. The Morgan fingerprint density at radius 1 is 1.24 bits per heavy atom. The zero-order chi connectivity index (χ0) is 23.4. The summed E-state index contributed by atoms with van der Waals surface area (Å²) in [5.74, 6) is -0.727. The summed E-state index contributed by atoms with van der Waals surface area (Å²) in [4.78, 5) is 39.3. The van der Waals surface area contributed by atoms with Crippen LogP contribution in [-0.2, 0) is 32.2 Å². The van der Waals surface area contributed by atoms with Crippen molar-refractivity contribution in [2.75, 3.05) is 20.3 Å². The molecule has 1 aliphatic heterocycles. The molecule has 170 valence electrons. The third kappa shape index (κ3) is 4.86. The number of para-hydroxylation sites is 1. The van der Waals surface area contributed by atoms with Gasteiger partial charge in [0.1, 0.15) is 17.9 Å². The van der Waals surface area contributed by atoms with Crippen molar-refractivity contribution in [1.82, 2.24) is 20.1 Å². The number of carbonyl (C=O) groups excluding carboxylic acids is 3. The quantitative estimate of drug-likeness (QED) is 0.227. The minimum Gasteiger partial charge on any atom is -0.467 e. The SMILES string of the molecule is COCCNC(=O)Cn1cc(/C=C2\C(=O)NC(=S)N(Cc3ccco3)C2=O)c2ccccc21. The molecule has 2 N–H and O–H groups in total. The Morgan fingerprint density at radius 3 is 2.82 bits per heavy atom. The molecule has 0 aliphatic carbocycles. The molecule has 0 spiro atoms. The van der Waals surface area contributed by atoms with Crippen molar-refractivity contribution in [3.63, 3.8) is 0 Å². The van der Waals surface area contributed by atoms with Crippen molar-refractivity contribution in [3.05, 3.63) is 65.8 Å². The number of rotatable bonds is 8.